The molecule has 1 aliphatic rings. The highest BCUT2D eigenvalue weighted by molar-refractivity contribution is 6.31. The van der Waals surface area contributed by atoms with Crippen LogP contribution in [0.3, 0.4) is 0 Å². The van der Waals surface area contributed by atoms with Crippen molar-refractivity contribution in [1.29, 1.82) is 0 Å². The molecular formula is C16H11ClN2O. The van der Waals surface area contributed by atoms with Crippen molar-refractivity contribution < 1.29 is 0 Å². The molecule has 3 nitrogen and oxygen atoms in total. The standard InChI is InChI=1S/C16H11ClN2O/c17-12-5-6-13-14(8-12)19-9-11-4-2-1-3-10(11)7-15(19)18-16(13)20/h1-6,8H,7,9H2. The quantitative estimate of drug-likeness (QED) is 0.497. The maximum absolute atomic E-state index is 12.1. The summed E-state index contributed by atoms with van der Waals surface area (Å²) in [4.78, 5) is 16.3. The van der Waals surface area contributed by atoms with E-state index in [0.29, 0.717) is 16.8 Å². The van der Waals surface area contributed by atoms with Gasteiger partial charge in [-0.05, 0) is 29.3 Å². The molecule has 0 saturated carbocycles. The van der Waals surface area contributed by atoms with E-state index >= 15 is 0 Å². The lowest BCUT2D eigenvalue weighted by Gasteiger charge is -2.22. The van der Waals surface area contributed by atoms with Crippen LogP contribution in [0.2, 0.25) is 5.02 Å². The number of nitrogens with zero attached hydrogens (tertiary/aromatic N) is 2. The Balaban J connectivity index is 2.04. The highest BCUT2D eigenvalue weighted by atomic mass is 35.5. The topological polar surface area (TPSA) is 34.9 Å². The monoisotopic (exact) mass is 282 g/mol. The lowest BCUT2D eigenvalue weighted by molar-refractivity contribution is 0.694. The van der Waals surface area contributed by atoms with Crippen molar-refractivity contribution >= 4 is 22.5 Å². The van der Waals surface area contributed by atoms with Gasteiger partial charge in [0.1, 0.15) is 5.82 Å². The van der Waals surface area contributed by atoms with Crippen molar-refractivity contribution in [3.63, 3.8) is 0 Å². The molecule has 1 aromatic heterocycles. The Labute approximate surface area is 120 Å². The molecule has 4 rings (SSSR count). The van der Waals surface area contributed by atoms with Gasteiger partial charge in [-0.2, -0.15) is 4.98 Å². The average Bonchev–Trinajstić information content (AvgIpc) is 2.45. The van der Waals surface area contributed by atoms with Crippen LogP contribution in [0.4, 0.5) is 0 Å². The van der Waals surface area contributed by atoms with E-state index in [1.54, 1.807) is 12.1 Å². The van der Waals surface area contributed by atoms with Gasteiger partial charge < -0.3 is 4.57 Å². The fraction of sp³-hybridized carbons (Fsp3) is 0.125. The highest BCUT2D eigenvalue weighted by Gasteiger charge is 2.18. The van der Waals surface area contributed by atoms with Gasteiger partial charge in [-0.3, -0.25) is 4.79 Å². The molecule has 0 atom stereocenters. The second kappa shape index (κ2) is 4.18. The van der Waals surface area contributed by atoms with Gasteiger partial charge in [0, 0.05) is 18.0 Å². The SMILES string of the molecule is O=c1nc2n(c3cc(Cl)ccc13)Cc1ccccc1C2. The van der Waals surface area contributed by atoms with Gasteiger partial charge in [-0.15, -0.1) is 0 Å². The normalized spacial score (nSPS) is 13.1. The van der Waals surface area contributed by atoms with Crippen LogP contribution in [0.25, 0.3) is 10.9 Å². The first kappa shape index (κ1) is 11.7. The zero-order chi connectivity index (χ0) is 13.7. The van der Waals surface area contributed by atoms with Gasteiger partial charge in [0.15, 0.2) is 0 Å². The molecule has 0 radical (unpaired) electrons. The molecule has 0 saturated heterocycles. The molecule has 0 N–H and O–H groups in total. The van der Waals surface area contributed by atoms with Gasteiger partial charge in [0.05, 0.1) is 10.9 Å². The van der Waals surface area contributed by atoms with E-state index in [1.807, 2.05) is 18.2 Å². The van der Waals surface area contributed by atoms with Crippen molar-refractivity contribution in [3.05, 3.63) is 74.8 Å². The van der Waals surface area contributed by atoms with E-state index in [9.17, 15) is 4.79 Å². The summed E-state index contributed by atoms with van der Waals surface area (Å²) in [5.41, 5.74) is 3.19. The van der Waals surface area contributed by atoms with E-state index < -0.39 is 0 Å². The summed E-state index contributed by atoms with van der Waals surface area (Å²) in [6.45, 7) is 0.732. The number of hydrogen-bond donors (Lipinski definition) is 0. The number of aromatic nitrogens is 2. The lowest BCUT2D eigenvalue weighted by Crippen LogP contribution is -2.23. The second-order valence-corrected chi connectivity index (χ2v) is 5.46. The van der Waals surface area contributed by atoms with Crippen molar-refractivity contribution in [1.82, 2.24) is 9.55 Å². The fourth-order valence-electron chi connectivity index (χ4n) is 2.82. The first-order valence-electron chi connectivity index (χ1n) is 6.48. The number of rotatable bonds is 0. The van der Waals surface area contributed by atoms with Crippen molar-refractivity contribution in [2.75, 3.05) is 0 Å². The molecule has 0 fully saturated rings. The molecule has 0 spiro atoms. The van der Waals surface area contributed by atoms with Crippen LogP contribution >= 0.6 is 11.6 Å². The zero-order valence-electron chi connectivity index (χ0n) is 10.6. The molecule has 20 heavy (non-hydrogen) atoms. The fourth-order valence-corrected chi connectivity index (χ4v) is 2.99. The Kier molecular flexibility index (Phi) is 2.44. The van der Waals surface area contributed by atoms with Gasteiger partial charge in [0.25, 0.3) is 5.56 Å². The Morgan fingerprint density at radius 1 is 1.10 bits per heavy atom. The molecule has 0 unspecified atom stereocenters. The van der Waals surface area contributed by atoms with Crippen molar-refractivity contribution in [2.45, 2.75) is 13.0 Å². The molecule has 98 valence electrons. The predicted molar refractivity (Wildman–Crippen MR) is 79.4 cm³/mol. The van der Waals surface area contributed by atoms with E-state index in [1.165, 1.54) is 11.1 Å². The third-order valence-electron chi connectivity index (χ3n) is 3.82. The Bertz CT molecular complexity index is 899. The molecule has 4 heteroatoms. The number of benzene rings is 2. The number of halogens is 1. The highest BCUT2D eigenvalue weighted by Crippen LogP contribution is 2.25. The second-order valence-electron chi connectivity index (χ2n) is 5.03. The maximum atomic E-state index is 12.1. The summed E-state index contributed by atoms with van der Waals surface area (Å²) in [5.74, 6) is 0.809. The van der Waals surface area contributed by atoms with Crippen LogP contribution in [0.1, 0.15) is 17.0 Å². The largest absolute Gasteiger partial charge is 0.324 e. The summed E-state index contributed by atoms with van der Waals surface area (Å²) in [6.07, 6.45) is 0.688. The lowest BCUT2D eigenvalue weighted by atomic mass is 10.00. The van der Waals surface area contributed by atoms with Gasteiger partial charge in [-0.25, -0.2) is 0 Å². The molecule has 0 amide bonds. The summed E-state index contributed by atoms with van der Waals surface area (Å²) >= 11 is 6.08. The molecule has 3 aromatic rings. The Hall–Kier alpha value is -2.13. The van der Waals surface area contributed by atoms with Crippen LogP contribution in [0, 0.1) is 0 Å². The first-order chi connectivity index (χ1) is 9.72. The van der Waals surface area contributed by atoms with Gasteiger partial charge in [0.2, 0.25) is 0 Å². The van der Waals surface area contributed by atoms with Crippen LogP contribution in [-0.4, -0.2) is 9.55 Å². The van der Waals surface area contributed by atoms with Crippen LogP contribution in [-0.2, 0) is 13.0 Å². The van der Waals surface area contributed by atoms with Gasteiger partial charge >= 0.3 is 0 Å². The zero-order valence-corrected chi connectivity index (χ0v) is 11.4. The maximum Gasteiger partial charge on any atom is 0.280 e. The summed E-state index contributed by atoms with van der Waals surface area (Å²) in [7, 11) is 0. The molecular weight excluding hydrogens is 272 g/mol. The molecule has 0 aliphatic carbocycles. The van der Waals surface area contributed by atoms with Crippen LogP contribution in [0.15, 0.2) is 47.3 Å². The van der Waals surface area contributed by atoms with Crippen molar-refractivity contribution in [2.24, 2.45) is 0 Å². The first-order valence-corrected chi connectivity index (χ1v) is 6.86. The predicted octanol–water partition coefficient (Wildman–Crippen LogP) is 3.00. The number of hydrogen-bond acceptors (Lipinski definition) is 2. The average molecular weight is 283 g/mol. The van der Waals surface area contributed by atoms with Gasteiger partial charge in [-0.1, -0.05) is 35.9 Å². The summed E-state index contributed by atoms with van der Waals surface area (Å²) in [6, 6.07) is 13.6. The third kappa shape index (κ3) is 1.67. The summed E-state index contributed by atoms with van der Waals surface area (Å²) < 4.78 is 2.09. The Morgan fingerprint density at radius 3 is 2.75 bits per heavy atom. The van der Waals surface area contributed by atoms with Crippen LogP contribution in [0.5, 0.6) is 0 Å². The number of fused-ring (bicyclic) bond motifs is 4. The Morgan fingerprint density at radius 2 is 1.90 bits per heavy atom. The van der Waals surface area contributed by atoms with E-state index in [2.05, 4.69) is 21.7 Å². The van der Waals surface area contributed by atoms with E-state index in [0.717, 1.165) is 17.9 Å². The third-order valence-corrected chi connectivity index (χ3v) is 4.05. The van der Waals surface area contributed by atoms with E-state index in [4.69, 9.17) is 11.6 Å². The minimum Gasteiger partial charge on any atom is -0.324 e. The minimum absolute atomic E-state index is 0.178. The van der Waals surface area contributed by atoms with Crippen molar-refractivity contribution in [3.8, 4) is 0 Å². The molecule has 2 aromatic carbocycles. The summed E-state index contributed by atoms with van der Waals surface area (Å²) in [5, 5.41) is 1.26. The van der Waals surface area contributed by atoms with E-state index in [-0.39, 0.29) is 5.56 Å². The molecule has 0 bridgehead atoms. The molecule has 1 aliphatic heterocycles. The minimum atomic E-state index is -0.178. The van der Waals surface area contributed by atoms with Crippen LogP contribution < -0.4 is 5.56 Å². The molecule has 2 heterocycles. The smallest absolute Gasteiger partial charge is 0.280 e.